The van der Waals surface area contributed by atoms with Crippen molar-refractivity contribution in [2.75, 3.05) is 5.32 Å². The van der Waals surface area contributed by atoms with Crippen LogP contribution in [-0.4, -0.2) is 14.4 Å². The number of primary amides is 1. The highest BCUT2D eigenvalue weighted by molar-refractivity contribution is 7.86. The molecule has 0 radical (unpaired) electrons. The van der Waals surface area contributed by atoms with Gasteiger partial charge in [0, 0.05) is 5.69 Å². The number of amides is 2. The van der Waals surface area contributed by atoms with Gasteiger partial charge in [-0.15, -0.1) is 0 Å². The Morgan fingerprint density at radius 1 is 1.05 bits per heavy atom. The molecule has 0 aliphatic carbocycles. The predicted molar refractivity (Wildman–Crippen MR) is 79.3 cm³/mol. The van der Waals surface area contributed by atoms with Crippen LogP contribution in [0.15, 0.2) is 54.6 Å². The van der Waals surface area contributed by atoms with Gasteiger partial charge in [0.05, 0.1) is 0 Å². The van der Waals surface area contributed by atoms with Crippen molar-refractivity contribution >= 4 is 21.8 Å². The number of urea groups is 1. The van der Waals surface area contributed by atoms with Crippen molar-refractivity contribution < 1.29 is 17.4 Å². The van der Waals surface area contributed by atoms with Crippen LogP contribution in [0.2, 0.25) is 0 Å². The summed E-state index contributed by atoms with van der Waals surface area (Å²) in [5, 5.41) is 2.37. The van der Waals surface area contributed by atoms with Crippen molar-refractivity contribution in [2.45, 2.75) is 5.75 Å². The summed E-state index contributed by atoms with van der Waals surface area (Å²) in [5.41, 5.74) is 6.07. The summed E-state index contributed by atoms with van der Waals surface area (Å²) in [6, 6.07) is 13.9. The Morgan fingerprint density at radius 3 is 2.24 bits per heavy atom. The SMILES string of the molecule is NC(=O)Nc1ccc(OS(=O)(=O)Cc2ccccc2)cc1. The molecule has 110 valence electrons. The van der Waals surface area contributed by atoms with Crippen molar-refractivity contribution in [3.8, 4) is 5.75 Å². The van der Waals surface area contributed by atoms with E-state index in [1.807, 2.05) is 0 Å². The number of hydrogen-bond acceptors (Lipinski definition) is 4. The van der Waals surface area contributed by atoms with Crippen LogP contribution in [0.4, 0.5) is 10.5 Å². The van der Waals surface area contributed by atoms with Crippen LogP contribution in [0.1, 0.15) is 5.56 Å². The third-order valence-corrected chi connectivity index (χ3v) is 3.66. The number of carbonyl (C=O) groups is 1. The topological polar surface area (TPSA) is 98.5 Å². The predicted octanol–water partition coefficient (Wildman–Crippen LogP) is 2.09. The van der Waals surface area contributed by atoms with Gasteiger partial charge in [-0.3, -0.25) is 0 Å². The lowest BCUT2D eigenvalue weighted by Gasteiger charge is -2.08. The van der Waals surface area contributed by atoms with Crippen LogP contribution in [0.25, 0.3) is 0 Å². The van der Waals surface area contributed by atoms with E-state index in [0.29, 0.717) is 11.3 Å². The van der Waals surface area contributed by atoms with Crippen molar-refractivity contribution in [3.05, 3.63) is 60.2 Å². The van der Waals surface area contributed by atoms with E-state index < -0.39 is 16.1 Å². The molecule has 0 bridgehead atoms. The summed E-state index contributed by atoms with van der Waals surface area (Å²) in [6.07, 6.45) is 0. The molecule has 7 heteroatoms. The Morgan fingerprint density at radius 2 is 1.67 bits per heavy atom. The fraction of sp³-hybridized carbons (Fsp3) is 0.0714. The first-order chi connectivity index (χ1) is 9.94. The summed E-state index contributed by atoms with van der Waals surface area (Å²) < 4.78 is 28.8. The van der Waals surface area contributed by atoms with Gasteiger partial charge >= 0.3 is 16.1 Å². The monoisotopic (exact) mass is 306 g/mol. The van der Waals surface area contributed by atoms with Crippen molar-refractivity contribution in [2.24, 2.45) is 5.73 Å². The minimum atomic E-state index is -3.74. The molecule has 0 saturated heterocycles. The fourth-order valence-corrected chi connectivity index (χ4v) is 2.75. The quantitative estimate of drug-likeness (QED) is 0.826. The summed E-state index contributed by atoms with van der Waals surface area (Å²) in [6.45, 7) is 0. The largest absolute Gasteiger partial charge is 0.382 e. The van der Waals surface area contributed by atoms with Gasteiger partial charge in [-0.2, -0.15) is 8.42 Å². The smallest absolute Gasteiger partial charge is 0.316 e. The number of hydrogen-bond donors (Lipinski definition) is 2. The summed E-state index contributed by atoms with van der Waals surface area (Å²) in [5.74, 6) is -0.0456. The molecular formula is C14H14N2O4S. The Hall–Kier alpha value is -2.54. The molecule has 0 spiro atoms. The zero-order valence-corrected chi connectivity index (χ0v) is 11.8. The molecule has 3 N–H and O–H groups in total. The van der Waals surface area contributed by atoms with E-state index in [9.17, 15) is 13.2 Å². The Balaban J connectivity index is 2.05. The van der Waals surface area contributed by atoms with E-state index in [0.717, 1.165) is 0 Å². The first-order valence-electron chi connectivity index (χ1n) is 6.07. The molecule has 0 fully saturated rings. The van der Waals surface area contributed by atoms with E-state index in [4.69, 9.17) is 9.92 Å². The van der Waals surface area contributed by atoms with Gasteiger partial charge in [0.15, 0.2) is 0 Å². The third-order valence-electron chi connectivity index (χ3n) is 2.53. The van der Waals surface area contributed by atoms with Gasteiger partial charge in [0.1, 0.15) is 11.5 Å². The van der Waals surface area contributed by atoms with Crippen LogP contribution in [0.5, 0.6) is 5.75 Å². The second-order valence-electron chi connectivity index (χ2n) is 4.28. The molecule has 6 nitrogen and oxygen atoms in total. The minimum absolute atomic E-state index is 0.168. The molecule has 0 aliphatic rings. The van der Waals surface area contributed by atoms with Crippen LogP contribution < -0.4 is 15.2 Å². The molecule has 2 rings (SSSR count). The average Bonchev–Trinajstić information content (AvgIpc) is 2.40. The maximum absolute atomic E-state index is 11.9. The number of anilines is 1. The Bertz CT molecular complexity index is 712. The molecule has 2 amide bonds. The zero-order valence-electron chi connectivity index (χ0n) is 11.0. The normalized spacial score (nSPS) is 10.9. The minimum Gasteiger partial charge on any atom is -0.382 e. The standard InChI is InChI=1S/C14H14N2O4S/c15-14(17)16-12-6-8-13(9-7-12)20-21(18,19)10-11-4-2-1-3-5-11/h1-9H,10H2,(H3,15,16,17). The Labute approximate surface area is 122 Å². The molecule has 2 aromatic rings. The molecule has 0 saturated carbocycles. The van der Waals surface area contributed by atoms with E-state index in [1.165, 1.54) is 24.3 Å². The fourth-order valence-electron chi connectivity index (χ4n) is 1.69. The number of rotatable bonds is 5. The van der Waals surface area contributed by atoms with Crippen molar-refractivity contribution in [3.63, 3.8) is 0 Å². The van der Waals surface area contributed by atoms with E-state index >= 15 is 0 Å². The second-order valence-corrected chi connectivity index (χ2v) is 5.86. The zero-order chi connectivity index (χ0) is 15.3. The van der Waals surface area contributed by atoms with Gasteiger partial charge in [-0.1, -0.05) is 30.3 Å². The molecule has 0 heterocycles. The lowest BCUT2D eigenvalue weighted by Crippen LogP contribution is -2.19. The van der Waals surface area contributed by atoms with Crippen molar-refractivity contribution in [1.29, 1.82) is 0 Å². The lowest BCUT2D eigenvalue weighted by molar-refractivity contribution is 0.259. The summed E-state index contributed by atoms with van der Waals surface area (Å²) in [4.78, 5) is 10.7. The highest BCUT2D eigenvalue weighted by atomic mass is 32.2. The number of nitrogens with one attached hydrogen (secondary N) is 1. The average molecular weight is 306 g/mol. The molecule has 21 heavy (non-hydrogen) atoms. The van der Waals surface area contributed by atoms with Crippen LogP contribution >= 0.6 is 0 Å². The van der Waals surface area contributed by atoms with E-state index in [2.05, 4.69) is 5.32 Å². The molecule has 0 atom stereocenters. The molecule has 0 unspecified atom stereocenters. The first kappa shape index (κ1) is 14.9. The highest BCUT2D eigenvalue weighted by Gasteiger charge is 2.13. The van der Waals surface area contributed by atoms with Gasteiger partial charge in [0.25, 0.3) is 0 Å². The van der Waals surface area contributed by atoms with E-state index in [-0.39, 0.29) is 11.5 Å². The Kier molecular flexibility index (Phi) is 4.44. The molecule has 0 aliphatic heterocycles. The van der Waals surface area contributed by atoms with Crippen LogP contribution in [0.3, 0.4) is 0 Å². The van der Waals surface area contributed by atoms with Gasteiger partial charge in [0.2, 0.25) is 0 Å². The second kappa shape index (κ2) is 6.27. The number of nitrogens with two attached hydrogens (primary N) is 1. The van der Waals surface area contributed by atoms with Gasteiger partial charge in [-0.05, 0) is 29.8 Å². The maximum atomic E-state index is 11.9. The lowest BCUT2D eigenvalue weighted by atomic mass is 10.2. The molecule has 0 aromatic heterocycles. The first-order valence-corrected chi connectivity index (χ1v) is 7.65. The van der Waals surface area contributed by atoms with Crippen molar-refractivity contribution in [1.82, 2.24) is 0 Å². The van der Waals surface area contributed by atoms with Gasteiger partial charge in [-0.25, -0.2) is 4.79 Å². The van der Waals surface area contributed by atoms with Crippen LogP contribution in [0, 0.1) is 0 Å². The molecular weight excluding hydrogens is 292 g/mol. The van der Waals surface area contributed by atoms with Gasteiger partial charge < -0.3 is 15.2 Å². The summed E-state index contributed by atoms with van der Waals surface area (Å²) >= 11 is 0. The van der Waals surface area contributed by atoms with E-state index in [1.54, 1.807) is 30.3 Å². The highest BCUT2D eigenvalue weighted by Crippen LogP contribution is 2.18. The summed E-state index contributed by atoms with van der Waals surface area (Å²) in [7, 11) is -3.74. The molecule has 2 aromatic carbocycles. The third kappa shape index (κ3) is 4.81. The number of carbonyl (C=O) groups excluding carboxylic acids is 1. The number of benzene rings is 2. The van der Waals surface area contributed by atoms with Crippen LogP contribution in [-0.2, 0) is 15.9 Å². The maximum Gasteiger partial charge on any atom is 0.316 e.